The van der Waals surface area contributed by atoms with Crippen molar-refractivity contribution in [3.05, 3.63) is 28.2 Å². The molecular formula is C11H15Cl2NO. The van der Waals surface area contributed by atoms with Gasteiger partial charge in [-0.25, -0.2) is 0 Å². The number of aromatic hydroxyl groups is 1. The van der Waals surface area contributed by atoms with E-state index in [1.807, 2.05) is 0 Å². The number of phenolic OH excluding ortho intramolecular Hbond substituents is 1. The molecule has 1 heterocycles. The van der Waals surface area contributed by atoms with Crippen LogP contribution in [0.5, 0.6) is 5.75 Å². The predicted octanol–water partition coefficient (Wildman–Crippen LogP) is 3.46. The second-order valence-corrected chi connectivity index (χ2v) is 4.25. The summed E-state index contributed by atoms with van der Waals surface area (Å²) in [6, 6.07) is 4.55. The Balaban J connectivity index is 0.000000162. The Labute approximate surface area is 100 Å². The van der Waals surface area contributed by atoms with Gasteiger partial charge >= 0.3 is 0 Å². The van der Waals surface area contributed by atoms with Crippen LogP contribution >= 0.6 is 23.2 Å². The monoisotopic (exact) mass is 247 g/mol. The molecule has 0 radical (unpaired) electrons. The molecule has 1 aliphatic heterocycles. The zero-order valence-corrected chi connectivity index (χ0v) is 9.98. The first-order chi connectivity index (χ1) is 7.20. The number of benzene rings is 1. The third-order valence-electron chi connectivity index (χ3n) is 2.12. The molecule has 1 aromatic carbocycles. The average molecular weight is 248 g/mol. The van der Waals surface area contributed by atoms with E-state index in [2.05, 4.69) is 5.32 Å². The summed E-state index contributed by atoms with van der Waals surface area (Å²) in [5.41, 5.74) is 0. The summed E-state index contributed by atoms with van der Waals surface area (Å²) in [5.74, 6) is 0.0177. The minimum absolute atomic E-state index is 0.0177. The quantitative estimate of drug-likeness (QED) is 0.736. The topological polar surface area (TPSA) is 32.3 Å². The van der Waals surface area contributed by atoms with Gasteiger partial charge in [0, 0.05) is 11.1 Å². The zero-order valence-electron chi connectivity index (χ0n) is 8.47. The van der Waals surface area contributed by atoms with Gasteiger partial charge in [-0.2, -0.15) is 0 Å². The van der Waals surface area contributed by atoms with Crippen LogP contribution in [0.25, 0.3) is 0 Å². The molecule has 2 nitrogen and oxygen atoms in total. The Morgan fingerprint density at radius 2 is 1.73 bits per heavy atom. The lowest BCUT2D eigenvalue weighted by molar-refractivity contribution is 0.475. The fourth-order valence-corrected chi connectivity index (χ4v) is 1.57. The van der Waals surface area contributed by atoms with Crippen LogP contribution in [0.3, 0.4) is 0 Å². The van der Waals surface area contributed by atoms with Gasteiger partial charge in [-0.1, -0.05) is 29.6 Å². The highest BCUT2D eigenvalue weighted by molar-refractivity contribution is 6.34. The van der Waals surface area contributed by atoms with Crippen LogP contribution in [0.4, 0.5) is 0 Å². The number of rotatable bonds is 0. The molecular weight excluding hydrogens is 233 g/mol. The van der Waals surface area contributed by atoms with Crippen LogP contribution in [0.1, 0.15) is 19.3 Å². The van der Waals surface area contributed by atoms with Gasteiger partial charge in [-0.3, -0.25) is 0 Å². The van der Waals surface area contributed by atoms with Gasteiger partial charge in [0.15, 0.2) is 0 Å². The molecule has 0 spiro atoms. The highest BCUT2D eigenvalue weighted by atomic mass is 35.5. The van der Waals surface area contributed by atoms with E-state index in [1.165, 1.54) is 38.4 Å². The first-order valence-electron chi connectivity index (χ1n) is 5.05. The van der Waals surface area contributed by atoms with Gasteiger partial charge in [-0.05, 0) is 38.1 Å². The van der Waals surface area contributed by atoms with Crippen molar-refractivity contribution in [2.24, 2.45) is 0 Å². The van der Waals surface area contributed by atoms with Crippen molar-refractivity contribution >= 4 is 23.2 Å². The third-order valence-corrected chi connectivity index (χ3v) is 2.67. The second-order valence-electron chi connectivity index (χ2n) is 3.41. The molecule has 0 amide bonds. The number of hydrogen-bond donors (Lipinski definition) is 2. The SMILES string of the molecule is C1CCNCC1.Oc1cc(Cl)ccc1Cl. The van der Waals surface area contributed by atoms with Crippen molar-refractivity contribution in [1.29, 1.82) is 0 Å². The lowest BCUT2D eigenvalue weighted by Gasteiger charge is -2.08. The Morgan fingerprint density at radius 1 is 1.07 bits per heavy atom. The van der Waals surface area contributed by atoms with Crippen LogP contribution in [0.2, 0.25) is 10.0 Å². The minimum Gasteiger partial charge on any atom is -0.506 e. The Morgan fingerprint density at radius 3 is 2.07 bits per heavy atom. The van der Waals surface area contributed by atoms with E-state index in [0.717, 1.165) is 0 Å². The molecule has 15 heavy (non-hydrogen) atoms. The molecule has 0 bridgehead atoms. The number of nitrogens with one attached hydrogen (secondary N) is 1. The fourth-order valence-electron chi connectivity index (χ4n) is 1.29. The zero-order chi connectivity index (χ0) is 11.1. The standard InChI is InChI=1S/C6H4Cl2O.C5H11N/c7-4-1-2-5(8)6(9)3-4;1-2-4-6-5-3-1/h1-3,9H;6H,1-5H2. The minimum atomic E-state index is 0.0177. The first kappa shape index (κ1) is 12.6. The van der Waals surface area contributed by atoms with Crippen LogP contribution < -0.4 is 5.32 Å². The first-order valence-corrected chi connectivity index (χ1v) is 5.80. The van der Waals surface area contributed by atoms with E-state index in [1.54, 1.807) is 12.1 Å². The molecule has 1 aromatic rings. The molecule has 2 rings (SSSR count). The Hall–Kier alpha value is -0.440. The number of hydrogen-bond acceptors (Lipinski definition) is 2. The lowest BCUT2D eigenvalue weighted by atomic mass is 10.2. The normalized spacial score (nSPS) is 15.3. The largest absolute Gasteiger partial charge is 0.506 e. The van der Waals surface area contributed by atoms with Gasteiger partial charge in [0.2, 0.25) is 0 Å². The second kappa shape index (κ2) is 6.94. The van der Waals surface area contributed by atoms with E-state index in [4.69, 9.17) is 28.3 Å². The Kier molecular flexibility index (Phi) is 5.84. The number of phenols is 1. The van der Waals surface area contributed by atoms with Crippen molar-refractivity contribution in [2.45, 2.75) is 19.3 Å². The van der Waals surface area contributed by atoms with E-state index >= 15 is 0 Å². The van der Waals surface area contributed by atoms with Crippen molar-refractivity contribution in [3.8, 4) is 5.75 Å². The maximum Gasteiger partial charge on any atom is 0.135 e. The van der Waals surface area contributed by atoms with E-state index in [-0.39, 0.29) is 5.75 Å². The summed E-state index contributed by atoms with van der Waals surface area (Å²) in [6.45, 7) is 2.50. The predicted molar refractivity (Wildman–Crippen MR) is 64.8 cm³/mol. The molecule has 0 atom stereocenters. The van der Waals surface area contributed by atoms with Crippen molar-refractivity contribution < 1.29 is 5.11 Å². The Bertz CT molecular complexity index is 289. The summed E-state index contributed by atoms with van der Waals surface area (Å²) >= 11 is 11.0. The summed E-state index contributed by atoms with van der Waals surface area (Å²) in [5, 5.41) is 13.0. The van der Waals surface area contributed by atoms with E-state index < -0.39 is 0 Å². The number of piperidine rings is 1. The average Bonchev–Trinajstić information content (AvgIpc) is 2.27. The van der Waals surface area contributed by atoms with Gasteiger partial charge in [-0.15, -0.1) is 0 Å². The molecule has 0 unspecified atom stereocenters. The van der Waals surface area contributed by atoms with Gasteiger partial charge < -0.3 is 10.4 Å². The fraction of sp³-hybridized carbons (Fsp3) is 0.455. The molecule has 0 aromatic heterocycles. The smallest absolute Gasteiger partial charge is 0.135 e. The van der Waals surface area contributed by atoms with Crippen LogP contribution in [0.15, 0.2) is 18.2 Å². The summed E-state index contributed by atoms with van der Waals surface area (Å²) in [4.78, 5) is 0. The highest BCUT2D eigenvalue weighted by Crippen LogP contribution is 2.25. The van der Waals surface area contributed by atoms with E-state index in [0.29, 0.717) is 10.0 Å². The molecule has 1 saturated heterocycles. The van der Waals surface area contributed by atoms with Crippen LogP contribution in [-0.4, -0.2) is 18.2 Å². The third kappa shape index (κ3) is 5.26. The lowest BCUT2D eigenvalue weighted by Crippen LogP contribution is -2.21. The summed E-state index contributed by atoms with van der Waals surface area (Å²) < 4.78 is 0. The van der Waals surface area contributed by atoms with Crippen molar-refractivity contribution in [1.82, 2.24) is 5.32 Å². The van der Waals surface area contributed by atoms with Crippen LogP contribution in [-0.2, 0) is 0 Å². The molecule has 2 N–H and O–H groups in total. The number of halogens is 2. The molecule has 4 heteroatoms. The molecule has 1 aliphatic rings. The van der Waals surface area contributed by atoms with E-state index in [9.17, 15) is 0 Å². The summed E-state index contributed by atoms with van der Waals surface area (Å²) in [7, 11) is 0. The molecule has 0 aliphatic carbocycles. The maximum absolute atomic E-state index is 8.88. The molecule has 1 fully saturated rings. The molecule has 84 valence electrons. The van der Waals surface area contributed by atoms with Gasteiger partial charge in [0.1, 0.15) is 5.75 Å². The van der Waals surface area contributed by atoms with Gasteiger partial charge in [0.25, 0.3) is 0 Å². The van der Waals surface area contributed by atoms with Crippen molar-refractivity contribution in [3.63, 3.8) is 0 Å². The summed E-state index contributed by atoms with van der Waals surface area (Å²) in [6.07, 6.45) is 4.22. The molecule has 0 saturated carbocycles. The van der Waals surface area contributed by atoms with Crippen LogP contribution in [0, 0.1) is 0 Å². The van der Waals surface area contributed by atoms with Crippen molar-refractivity contribution in [2.75, 3.05) is 13.1 Å². The van der Waals surface area contributed by atoms with Gasteiger partial charge in [0.05, 0.1) is 5.02 Å². The highest BCUT2D eigenvalue weighted by Gasteiger charge is 1.95. The maximum atomic E-state index is 8.88.